The van der Waals surface area contributed by atoms with E-state index in [1.54, 1.807) is 0 Å². The van der Waals surface area contributed by atoms with Crippen molar-refractivity contribution in [3.8, 4) is 0 Å². The van der Waals surface area contributed by atoms with Crippen LogP contribution < -0.4 is 5.32 Å². The molecular weight excluding hydrogens is 228 g/mol. The van der Waals surface area contributed by atoms with Gasteiger partial charge < -0.3 is 5.32 Å². The lowest BCUT2D eigenvalue weighted by Gasteiger charge is -2.39. The molecule has 1 N–H and O–H groups in total. The SMILES string of the molecule is CCNC1(c2nc(C)cs2)CCC(CC)CC1. The van der Waals surface area contributed by atoms with Gasteiger partial charge in [-0.1, -0.05) is 20.3 Å². The molecule has 17 heavy (non-hydrogen) atoms. The maximum Gasteiger partial charge on any atom is 0.113 e. The lowest BCUT2D eigenvalue weighted by Crippen LogP contribution is -2.45. The summed E-state index contributed by atoms with van der Waals surface area (Å²) in [5.41, 5.74) is 1.35. The van der Waals surface area contributed by atoms with Gasteiger partial charge in [-0.05, 0) is 45.1 Å². The predicted molar refractivity (Wildman–Crippen MR) is 74.5 cm³/mol. The highest BCUT2D eigenvalue weighted by molar-refractivity contribution is 7.09. The molecule has 0 aromatic carbocycles. The molecule has 0 amide bonds. The second kappa shape index (κ2) is 5.49. The minimum atomic E-state index is 0.180. The molecule has 1 heterocycles. The van der Waals surface area contributed by atoms with E-state index >= 15 is 0 Å². The summed E-state index contributed by atoms with van der Waals surface area (Å²) >= 11 is 1.83. The number of rotatable bonds is 4. The van der Waals surface area contributed by atoms with Gasteiger partial charge in [0.1, 0.15) is 5.01 Å². The average Bonchev–Trinajstić information content (AvgIpc) is 2.78. The van der Waals surface area contributed by atoms with Crippen molar-refractivity contribution >= 4 is 11.3 Å². The molecular formula is C14H24N2S. The third-order valence-corrected chi connectivity index (χ3v) is 5.24. The molecule has 1 aliphatic carbocycles. The third kappa shape index (κ3) is 2.71. The van der Waals surface area contributed by atoms with Crippen molar-refractivity contribution in [2.24, 2.45) is 5.92 Å². The minimum Gasteiger partial charge on any atom is -0.306 e. The Kier molecular flexibility index (Phi) is 4.21. The maximum absolute atomic E-state index is 4.73. The van der Waals surface area contributed by atoms with E-state index in [9.17, 15) is 0 Å². The number of aromatic nitrogens is 1. The molecule has 3 heteroatoms. The van der Waals surface area contributed by atoms with Crippen LogP contribution >= 0.6 is 11.3 Å². The lowest BCUT2D eigenvalue weighted by molar-refractivity contribution is 0.187. The Morgan fingerprint density at radius 3 is 2.59 bits per heavy atom. The van der Waals surface area contributed by atoms with Gasteiger partial charge >= 0.3 is 0 Å². The van der Waals surface area contributed by atoms with Gasteiger partial charge in [-0.25, -0.2) is 4.98 Å². The molecule has 0 saturated heterocycles. The van der Waals surface area contributed by atoms with E-state index in [1.807, 2.05) is 11.3 Å². The summed E-state index contributed by atoms with van der Waals surface area (Å²) in [4.78, 5) is 4.73. The number of nitrogens with one attached hydrogen (secondary N) is 1. The fourth-order valence-electron chi connectivity index (χ4n) is 2.96. The summed E-state index contributed by atoms with van der Waals surface area (Å²) in [6.07, 6.45) is 6.54. The van der Waals surface area contributed by atoms with Crippen molar-refractivity contribution in [1.29, 1.82) is 0 Å². The smallest absolute Gasteiger partial charge is 0.113 e. The Hall–Kier alpha value is -0.410. The van der Waals surface area contributed by atoms with E-state index in [-0.39, 0.29) is 5.54 Å². The first-order valence-corrected chi connectivity index (χ1v) is 7.75. The number of hydrogen-bond acceptors (Lipinski definition) is 3. The molecule has 1 fully saturated rings. The van der Waals surface area contributed by atoms with Crippen molar-refractivity contribution in [3.05, 3.63) is 16.1 Å². The van der Waals surface area contributed by atoms with Gasteiger partial charge in [0.2, 0.25) is 0 Å². The quantitative estimate of drug-likeness (QED) is 0.880. The molecule has 0 atom stereocenters. The monoisotopic (exact) mass is 252 g/mol. The summed E-state index contributed by atoms with van der Waals surface area (Å²) in [6, 6.07) is 0. The molecule has 1 saturated carbocycles. The highest BCUT2D eigenvalue weighted by Crippen LogP contribution is 2.41. The fraction of sp³-hybridized carbons (Fsp3) is 0.786. The zero-order valence-corrected chi connectivity index (χ0v) is 12.1. The van der Waals surface area contributed by atoms with Gasteiger partial charge in [0.05, 0.1) is 5.54 Å². The van der Waals surface area contributed by atoms with Gasteiger partial charge in [0, 0.05) is 11.1 Å². The summed E-state index contributed by atoms with van der Waals surface area (Å²) in [7, 11) is 0. The van der Waals surface area contributed by atoms with Crippen molar-refractivity contribution in [2.75, 3.05) is 6.54 Å². The molecule has 2 nitrogen and oxygen atoms in total. The van der Waals surface area contributed by atoms with Crippen LogP contribution in [0.3, 0.4) is 0 Å². The summed E-state index contributed by atoms with van der Waals surface area (Å²) < 4.78 is 0. The minimum absolute atomic E-state index is 0.180. The van der Waals surface area contributed by atoms with Gasteiger partial charge in [-0.15, -0.1) is 11.3 Å². The van der Waals surface area contributed by atoms with E-state index < -0.39 is 0 Å². The normalized spacial score (nSPS) is 29.5. The van der Waals surface area contributed by atoms with Crippen LogP contribution in [0.1, 0.15) is 56.7 Å². The zero-order valence-electron chi connectivity index (χ0n) is 11.3. The van der Waals surface area contributed by atoms with Gasteiger partial charge in [0.15, 0.2) is 0 Å². The average molecular weight is 252 g/mol. The molecule has 0 bridgehead atoms. The van der Waals surface area contributed by atoms with Gasteiger partial charge in [0.25, 0.3) is 0 Å². The molecule has 0 radical (unpaired) electrons. The van der Waals surface area contributed by atoms with Crippen LogP contribution in [0.2, 0.25) is 0 Å². The van der Waals surface area contributed by atoms with Crippen LogP contribution in [0.25, 0.3) is 0 Å². The molecule has 2 rings (SSSR count). The first-order valence-electron chi connectivity index (χ1n) is 6.88. The second-order valence-electron chi connectivity index (χ2n) is 5.26. The number of thiazole rings is 1. The predicted octanol–water partition coefficient (Wildman–Crippen LogP) is 3.86. The van der Waals surface area contributed by atoms with E-state index in [4.69, 9.17) is 4.98 Å². The summed E-state index contributed by atoms with van der Waals surface area (Å²) in [5.74, 6) is 0.933. The van der Waals surface area contributed by atoms with Crippen LogP contribution in [-0.2, 0) is 5.54 Å². The van der Waals surface area contributed by atoms with Gasteiger partial charge in [-0.3, -0.25) is 0 Å². The van der Waals surface area contributed by atoms with E-state index in [0.717, 1.165) is 12.5 Å². The highest BCUT2D eigenvalue weighted by atomic mass is 32.1. The second-order valence-corrected chi connectivity index (χ2v) is 6.12. The molecule has 1 aromatic heterocycles. The first kappa shape index (κ1) is 13.0. The van der Waals surface area contributed by atoms with E-state index in [1.165, 1.54) is 42.8 Å². The Morgan fingerprint density at radius 2 is 2.12 bits per heavy atom. The van der Waals surface area contributed by atoms with E-state index in [2.05, 4.69) is 31.5 Å². The van der Waals surface area contributed by atoms with Crippen molar-refractivity contribution < 1.29 is 0 Å². The fourth-order valence-corrected chi connectivity index (χ4v) is 3.99. The summed E-state index contributed by atoms with van der Waals surface area (Å²) in [6.45, 7) is 7.65. The molecule has 0 unspecified atom stereocenters. The molecule has 0 aliphatic heterocycles. The molecule has 1 aliphatic rings. The Bertz CT molecular complexity index is 351. The molecule has 1 aromatic rings. The third-order valence-electron chi connectivity index (χ3n) is 4.08. The lowest BCUT2D eigenvalue weighted by atomic mass is 9.76. The maximum atomic E-state index is 4.73. The van der Waals surface area contributed by atoms with Crippen molar-refractivity contribution in [3.63, 3.8) is 0 Å². The Morgan fingerprint density at radius 1 is 1.41 bits per heavy atom. The van der Waals surface area contributed by atoms with Crippen molar-refractivity contribution in [1.82, 2.24) is 10.3 Å². The van der Waals surface area contributed by atoms with Gasteiger partial charge in [-0.2, -0.15) is 0 Å². The Balaban J connectivity index is 2.16. The van der Waals surface area contributed by atoms with Crippen LogP contribution in [0.15, 0.2) is 5.38 Å². The number of hydrogen-bond donors (Lipinski definition) is 1. The van der Waals surface area contributed by atoms with Crippen LogP contribution in [0.4, 0.5) is 0 Å². The molecule has 0 spiro atoms. The highest BCUT2D eigenvalue weighted by Gasteiger charge is 2.37. The number of nitrogens with zero attached hydrogens (tertiary/aromatic N) is 1. The topological polar surface area (TPSA) is 24.9 Å². The standard InChI is InChI=1S/C14H24N2S/c1-4-12-6-8-14(9-7-12,15-5-2)13-16-11(3)10-17-13/h10,12,15H,4-9H2,1-3H3. The van der Waals surface area contributed by atoms with Crippen LogP contribution in [0, 0.1) is 12.8 Å². The van der Waals surface area contributed by atoms with Crippen LogP contribution in [0.5, 0.6) is 0 Å². The molecule has 96 valence electrons. The van der Waals surface area contributed by atoms with Crippen molar-refractivity contribution in [2.45, 2.75) is 58.4 Å². The first-order chi connectivity index (χ1) is 8.20. The zero-order chi connectivity index (χ0) is 12.3. The Labute approximate surface area is 109 Å². The largest absolute Gasteiger partial charge is 0.306 e. The van der Waals surface area contributed by atoms with Crippen LogP contribution in [-0.4, -0.2) is 11.5 Å². The number of aryl methyl sites for hydroxylation is 1. The summed E-state index contributed by atoms with van der Waals surface area (Å²) in [5, 5.41) is 7.21. The van der Waals surface area contributed by atoms with E-state index in [0.29, 0.717) is 0 Å².